The van der Waals surface area contributed by atoms with E-state index < -0.39 is 11.9 Å². The SMILES string of the molecule is COC(=O)c1c(-c2ccc(C)cc2)csc1NC(=S)NC(=O)c1c(OC)cccc1OC. The monoisotopic (exact) mass is 470 g/mol. The van der Waals surface area contributed by atoms with E-state index in [-0.39, 0.29) is 10.7 Å². The molecule has 0 aliphatic carbocycles. The van der Waals surface area contributed by atoms with Crippen LogP contribution in [0.5, 0.6) is 11.5 Å². The summed E-state index contributed by atoms with van der Waals surface area (Å²) in [5, 5.41) is 7.87. The van der Waals surface area contributed by atoms with Crippen molar-refractivity contribution in [2.45, 2.75) is 6.92 Å². The molecule has 0 unspecified atom stereocenters. The normalized spacial score (nSPS) is 10.2. The molecule has 0 saturated carbocycles. The largest absolute Gasteiger partial charge is 0.496 e. The second-order valence-corrected chi connectivity index (χ2v) is 7.94. The van der Waals surface area contributed by atoms with E-state index in [9.17, 15) is 9.59 Å². The zero-order valence-electron chi connectivity index (χ0n) is 18.0. The van der Waals surface area contributed by atoms with Crippen molar-refractivity contribution in [2.75, 3.05) is 26.6 Å². The number of carbonyl (C=O) groups excluding carboxylic acids is 2. The highest BCUT2D eigenvalue weighted by molar-refractivity contribution is 7.80. The third kappa shape index (κ3) is 4.90. The zero-order chi connectivity index (χ0) is 23.3. The second-order valence-electron chi connectivity index (χ2n) is 6.66. The van der Waals surface area contributed by atoms with Crippen LogP contribution in [0.15, 0.2) is 47.8 Å². The van der Waals surface area contributed by atoms with Gasteiger partial charge in [0.05, 0.1) is 21.3 Å². The maximum Gasteiger partial charge on any atom is 0.341 e. The Labute approximate surface area is 195 Å². The molecule has 3 aromatic rings. The van der Waals surface area contributed by atoms with Gasteiger partial charge in [-0.3, -0.25) is 10.1 Å². The molecule has 9 heteroatoms. The van der Waals surface area contributed by atoms with E-state index in [4.69, 9.17) is 26.4 Å². The molecule has 2 aromatic carbocycles. The zero-order valence-corrected chi connectivity index (χ0v) is 19.6. The fraction of sp³-hybridized carbons (Fsp3) is 0.174. The van der Waals surface area contributed by atoms with Crippen LogP contribution in [0, 0.1) is 6.92 Å². The summed E-state index contributed by atoms with van der Waals surface area (Å²) in [4.78, 5) is 25.4. The molecule has 0 saturated heterocycles. The molecule has 0 bridgehead atoms. The van der Waals surface area contributed by atoms with E-state index in [0.717, 1.165) is 11.1 Å². The van der Waals surface area contributed by atoms with Gasteiger partial charge in [-0.25, -0.2) is 4.79 Å². The quantitative estimate of drug-likeness (QED) is 0.400. The topological polar surface area (TPSA) is 85.9 Å². The molecule has 32 heavy (non-hydrogen) atoms. The second kappa shape index (κ2) is 10.3. The maximum atomic E-state index is 12.9. The lowest BCUT2D eigenvalue weighted by Gasteiger charge is -2.14. The molecule has 1 aromatic heterocycles. The lowest BCUT2D eigenvalue weighted by molar-refractivity contribution is 0.0603. The van der Waals surface area contributed by atoms with E-state index in [1.54, 1.807) is 18.2 Å². The van der Waals surface area contributed by atoms with Crippen LogP contribution in [0.3, 0.4) is 0 Å². The van der Waals surface area contributed by atoms with Gasteiger partial charge in [-0.05, 0) is 36.8 Å². The van der Waals surface area contributed by atoms with Crippen LogP contribution in [0.25, 0.3) is 11.1 Å². The van der Waals surface area contributed by atoms with Crippen LogP contribution in [0.4, 0.5) is 5.00 Å². The number of anilines is 1. The number of amides is 1. The Bertz CT molecular complexity index is 1130. The molecule has 0 aliphatic heterocycles. The van der Waals surface area contributed by atoms with Crippen LogP contribution in [0.1, 0.15) is 26.3 Å². The molecule has 0 aliphatic rings. The highest BCUT2D eigenvalue weighted by Gasteiger charge is 2.23. The number of thiophene rings is 1. The van der Waals surface area contributed by atoms with E-state index in [0.29, 0.717) is 27.6 Å². The van der Waals surface area contributed by atoms with Crippen molar-refractivity contribution in [3.05, 3.63) is 64.5 Å². The number of esters is 1. The van der Waals surface area contributed by atoms with Crippen LogP contribution in [0.2, 0.25) is 0 Å². The third-order valence-electron chi connectivity index (χ3n) is 4.65. The predicted octanol–water partition coefficient (Wildman–Crippen LogP) is 4.65. The third-order valence-corrected chi connectivity index (χ3v) is 5.75. The number of ether oxygens (including phenoxy) is 3. The summed E-state index contributed by atoms with van der Waals surface area (Å²) < 4.78 is 15.5. The van der Waals surface area contributed by atoms with Crippen molar-refractivity contribution in [1.29, 1.82) is 0 Å². The van der Waals surface area contributed by atoms with Gasteiger partial charge in [-0.2, -0.15) is 0 Å². The van der Waals surface area contributed by atoms with Crippen molar-refractivity contribution in [3.8, 4) is 22.6 Å². The number of nitrogens with one attached hydrogen (secondary N) is 2. The minimum atomic E-state index is -0.509. The average molecular weight is 471 g/mol. The number of benzene rings is 2. The summed E-state index contributed by atoms with van der Waals surface area (Å²) in [6.07, 6.45) is 0. The molecule has 7 nitrogen and oxygen atoms in total. The predicted molar refractivity (Wildman–Crippen MR) is 129 cm³/mol. The summed E-state index contributed by atoms with van der Waals surface area (Å²) in [5.41, 5.74) is 3.24. The Balaban J connectivity index is 1.86. The van der Waals surface area contributed by atoms with Gasteiger partial charge in [-0.15, -0.1) is 11.3 Å². The molecule has 0 atom stereocenters. The molecule has 2 N–H and O–H groups in total. The lowest BCUT2D eigenvalue weighted by Crippen LogP contribution is -2.34. The number of rotatable bonds is 6. The van der Waals surface area contributed by atoms with E-state index in [2.05, 4.69) is 10.6 Å². The Morgan fingerprint density at radius 2 is 1.56 bits per heavy atom. The van der Waals surface area contributed by atoms with Gasteiger partial charge in [0, 0.05) is 10.9 Å². The van der Waals surface area contributed by atoms with Crippen LogP contribution < -0.4 is 20.1 Å². The Morgan fingerprint density at radius 3 is 2.12 bits per heavy atom. The van der Waals surface area contributed by atoms with Gasteiger partial charge in [0.15, 0.2) is 5.11 Å². The lowest BCUT2D eigenvalue weighted by atomic mass is 10.0. The fourth-order valence-corrected chi connectivity index (χ4v) is 4.30. The Morgan fingerprint density at radius 1 is 0.938 bits per heavy atom. The highest BCUT2D eigenvalue weighted by atomic mass is 32.1. The minimum absolute atomic E-state index is 0.0189. The van der Waals surface area contributed by atoms with Gasteiger partial charge in [-0.1, -0.05) is 35.9 Å². The summed E-state index contributed by atoms with van der Waals surface area (Å²) in [5.74, 6) is -0.327. The first kappa shape index (κ1) is 23.2. The van der Waals surface area contributed by atoms with E-state index >= 15 is 0 Å². The Hall–Kier alpha value is -3.43. The number of carbonyl (C=O) groups is 2. The minimum Gasteiger partial charge on any atom is -0.496 e. The molecular weight excluding hydrogens is 448 g/mol. The standard InChI is InChI=1S/C23H22N2O5S2/c1-13-8-10-14(11-9-13)15-12-32-21(18(15)22(27)30-4)25-23(31)24-20(26)19-16(28-2)6-5-7-17(19)29-3/h5-12H,1-4H3,(H2,24,25,26,31). The van der Waals surface area contributed by atoms with Crippen molar-refractivity contribution in [1.82, 2.24) is 5.32 Å². The summed E-state index contributed by atoms with van der Waals surface area (Å²) in [6, 6.07) is 12.8. The van der Waals surface area contributed by atoms with Gasteiger partial charge in [0.1, 0.15) is 27.6 Å². The van der Waals surface area contributed by atoms with E-state index in [1.807, 2.05) is 36.6 Å². The van der Waals surface area contributed by atoms with Crippen molar-refractivity contribution in [2.24, 2.45) is 0 Å². The van der Waals surface area contributed by atoms with Gasteiger partial charge in [0.25, 0.3) is 5.91 Å². The van der Waals surface area contributed by atoms with Crippen LogP contribution in [-0.4, -0.2) is 38.3 Å². The van der Waals surface area contributed by atoms with Crippen molar-refractivity contribution in [3.63, 3.8) is 0 Å². The number of thiocarbonyl (C=S) groups is 1. The molecule has 0 spiro atoms. The van der Waals surface area contributed by atoms with Crippen molar-refractivity contribution < 1.29 is 23.8 Å². The number of methoxy groups -OCH3 is 3. The molecule has 166 valence electrons. The van der Waals surface area contributed by atoms with Gasteiger partial charge >= 0.3 is 5.97 Å². The van der Waals surface area contributed by atoms with Crippen LogP contribution >= 0.6 is 23.6 Å². The molecular formula is C23H22N2O5S2. The maximum absolute atomic E-state index is 12.9. The molecule has 0 radical (unpaired) electrons. The summed E-state index contributed by atoms with van der Waals surface area (Å²) in [7, 11) is 4.24. The number of hydrogen-bond acceptors (Lipinski definition) is 7. The fourth-order valence-electron chi connectivity index (χ4n) is 3.08. The molecule has 1 heterocycles. The van der Waals surface area contributed by atoms with E-state index in [1.165, 1.54) is 32.7 Å². The molecule has 0 fully saturated rings. The summed E-state index contributed by atoms with van der Waals surface area (Å²) in [6.45, 7) is 1.99. The number of hydrogen-bond donors (Lipinski definition) is 2. The first-order valence-corrected chi connectivity index (χ1v) is 10.8. The average Bonchev–Trinajstić information content (AvgIpc) is 3.21. The first-order valence-electron chi connectivity index (χ1n) is 9.49. The van der Waals surface area contributed by atoms with Gasteiger partial charge < -0.3 is 19.5 Å². The molecule has 1 amide bonds. The smallest absolute Gasteiger partial charge is 0.341 e. The van der Waals surface area contributed by atoms with Crippen LogP contribution in [-0.2, 0) is 4.74 Å². The van der Waals surface area contributed by atoms with Gasteiger partial charge in [0.2, 0.25) is 0 Å². The number of aryl methyl sites for hydroxylation is 1. The molecule has 3 rings (SSSR count). The van der Waals surface area contributed by atoms with Crippen molar-refractivity contribution >= 4 is 45.5 Å². The Kier molecular flexibility index (Phi) is 7.45. The highest BCUT2D eigenvalue weighted by Crippen LogP contribution is 2.36. The summed E-state index contributed by atoms with van der Waals surface area (Å²) >= 11 is 6.61. The first-order chi connectivity index (χ1) is 15.4.